The van der Waals surface area contributed by atoms with Crippen LogP contribution < -0.4 is 9.64 Å². The van der Waals surface area contributed by atoms with E-state index in [0.29, 0.717) is 24.5 Å². The molecule has 3 aromatic rings. The minimum atomic E-state index is -0.513. The van der Waals surface area contributed by atoms with Crippen LogP contribution in [0.5, 0.6) is 5.75 Å². The second-order valence-electron chi connectivity index (χ2n) is 7.97. The molecule has 1 aromatic heterocycles. The number of piperidine rings is 1. The summed E-state index contributed by atoms with van der Waals surface area (Å²) in [4.78, 5) is 26.5. The number of carbonyl (C=O) groups excluding carboxylic acids is 2. The van der Waals surface area contributed by atoms with Crippen LogP contribution >= 0.6 is 0 Å². The Morgan fingerprint density at radius 3 is 2.44 bits per heavy atom. The highest BCUT2D eigenvalue weighted by Crippen LogP contribution is 2.35. The van der Waals surface area contributed by atoms with Crippen molar-refractivity contribution < 1.29 is 19.1 Å². The quantitative estimate of drug-likeness (QED) is 0.543. The average Bonchev–Trinajstić information content (AvgIpc) is 3.14. The smallest absolute Gasteiger partial charge is 0.360 e. The van der Waals surface area contributed by atoms with Gasteiger partial charge in [-0.05, 0) is 37.5 Å². The molecule has 2 aromatic carbocycles. The molecular weight excluding hydrogens is 406 g/mol. The fourth-order valence-electron chi connectivity index (χ4n) is 3.87. The number of rotatable bonds is 6. The van der Waals surface area contributed by atoms with Gasteiger partial charge in [0.05, 0.1) is 7.11 Å². The molecule has 0 saturated carbocycles. The number of ether oxygens (including phenoxy) is 2. The molecule has 7 heteroatoms. The number of aromatic nitrogens is 2. The zero-order chi connectivity index (χ0) is 22.7. The standard InChI is InChI=1S/C25H27N3O4/c1-17-7-9-18(10-8-17)16-32-24-22(26-27(2)23(24)25(30)31-3)19-11-13-20(14-12-19)28-15-5-4-6-21(28)29/h7-14H,4-6,15-16H2,1-3H3. The summed E-state index contributed by atoms with van der Waals surface area (Å²) in [5.74, 6) is 0.0133. The van der Waals surface area contributed by atoms with Crippen molar-refractivity contribution in [2.24, 2.45) is 7.05 Å². The van der Waals surface area contributed by atoms with Crippen LogP contribution in [0.3, 0.4) is 0 Å². The number of amides is 1. The molecule has 1 saturated heterocycles. The molecule has 0 atom stereocenters. The van der Waals surface area contributed by atoms with Crippen LogP contribution in [0.15, 0.2) is 48.5 Å². The van der Waals surface area contributed by atoms with Gasteiger partial charge in [0.25, 0.3) is 0 Å². The van der Waals surface area contributed by atoms with E-state index in [9.17, 15) is 9.59 Å². The molecule has 2 heterocycles. The van der Waals surface area contributed by atoms with E-state index >= 15 is 0 Å². The molecule has 0 spiro atoms. The highest BCUT2D eigenvalue weighted by molar-refractivity contribution is 5.95. The number of esters is 1. The molecule has 0 aliphatic carbocycles. The van der Waals surface area contributed by atoms with Gasteiger partial charge in [-0.2, -0.15) is 5.10 Å². The van der Waals surface area contributed by atoms with Crippen LogP contribution in [-0.2, 0) is 23.2 Å². The maximum absolute atomic E-state index is 12.4. The number of hydrogen-bond acceptors (Lipinski definition) is 5. The number of anilines is 1. The first-order valence-corrected chi connectivity index (χ1v) is 10.7. The monoisotopic (exact) mass is 433 g/mol. The van der Waals surface area contributed by atoms with Crippen LogP contribution in [0.2, 0.25) is 0 Å². The van der Waals surface area contributed by atoms with E-state index in [0.717, 1.165) is 36.2 Å². The number of nitrogens with zero attached hydrogens (tertiary/aromatic N) is 3. The van der Waals surface area contributed by atoms with Crippen molar-refractivity contribution in [1.29, 1.82) is 0 Å². The minimum absolute atomic E-state index is 0.150. The van der Waals surface area contributed by atoms with Gasteiger partial charge in [0.2, 0.25) is 5.91 Å². The van der Waals surface area contributed by atoms with Crippen LogP contribution in [0.1, 0.15) is 40.9 Å². The van der Waals surface area contributed by atoms with Gasteiger partial charge in [-0.1, -0.05) is 42.0 Å². The normalized spacial score (nSPS) is 13.8. The van der Waals surface area contributed by atoms with E-state index in [4.69, 9.17) is 9.47 Å². The van der Waals surface area contributed by atoms with E-state index in [-0.39, 0.29) is 11.6 Å². The van der Waals surface area contributed by atoms with Gasteiger partial charge in [0.1, 0.15) is 12.3 Å². The fraction of sp³-hybridized carbons (Fsp3) is 0.320. The predicted octanol–water partition coefficient (Wildman–Crippen LogP) is 4.28. The second-order valence-corrected chi connectivity index (χ2v) is 7.97. The summed E-state index contributed by atoms with van der Waals surface area (Å²) in [6.45, 7) is 3.06. The Balaban J connectivity index is 1.66. The Kier molecular flexibility index (Phi) is 6.25. The third kappa shape index (κ3) is 4.37. The molecule has 1 aliphatic heterocycles. The molecular formula is C25H27N3O4. The summed E-state index contributed by atoms with van der Waals surface area (Å²) < 4.78 is 12.5. The van der Waals surface area contributed by atoms with Crippen molar-refractivity contribution in [1.82, 2.24) is 9.78 Å². The first-order valence-electron chi connectivity index (χ1n) is 10.7. The topological polar surface area (TPSA) is 73.7 Å². The molecule has 1 aliphatic rings. The first kappa shape index (κ1) is 21.6. The fourth-order valence-corrected chi connectivity index (χ4v) is 3.87. The first-order chi connectivity index (χ1) is 15.5. The molecule has 0 unspecified atom stereocenters. The Morgan fingerprint density at radius 2 is 1.78 bits per heavy atom. The highest BCUT2D eigenvalue weighted by atomic mass is 16.5. The lowest BCUT2D eigenvalue weighted by Gasteiger charge is -2.26. The molecule has 0 N–H and O–H groups in total. The number of hydrogen-bond donors (Lipinski definition) is 0. The van der Waals surface area contributed by atoms with Crippen LogP contribution in [-0.4, -0.2) is 35.3 Å². The van der Waals surface area contributed by atoms with Gasteiger partial charge in [0.15, 0.2) is 11.4 Å². The molecule has 0 bridgehead atoms. The summed E-state index contributed by atoms with van der Waals surface area (Å²) in [5, 5.41) is 4.54. The number of carbonyl (C=O) groups is 2. The van der Waals surface area contributed by atoms with Gasteiger partial charge in [-0.25, -0.2) is 4.79 Å². The maximum atomic E-state index is 12.4. The van der Waals surface area contributed by atoms with Crippen molar-refractivity contribution in [3.63, 3.8) is 0 Å². The van der Waals surface area contributed by atoms with E-state index in [2.05, 4.69) is 5.10 Å². The summed E-state index contributed by atoms with van der Waals surface area (Å²) in [6, 6.07) is 15.7. The molecule has 1 fully saturated rings. The largest absolute Gasteiger partial charge is 0.484 e. The van der Waals surface area contributed by atoms with E-state index in [1.54, 1.807) is 7.05 Å². The van der Waals surface area contributed by atoms with E-state index in [1.807, 2.05) is 60.4 Å². The van der Waals surface area contributed by atoms with Crippen LogP contribution in [0, 0.1) is 6.92 Å². The third-order valence-corrected chi connectivity index (χ3v) is 5.66. The summed E-state index contributed by atoms with van der Waals surface area (Å²) in [5.41, 5.74) is 4.62. The molecule has 4 rings (SSSR count). The average molecular weight is 434 g/mol. The second kappa shape index (κ2) is 9.26. The van der Waals surface area contributed by atoms with Crippen LogP contribution in [0.25, 0.3) is 11.3 Å². The van der Waals surface area contributed by atoms with E-state index in [1.165, 1.54) is 17.4 Å². The van der Waals surface area contributed by atoms with Gasteiger partial charge in [-0.3, -0.25) is 9.48 Å². The molecule has 0 radical (unpaired) electrons. The zero-order valence-corrected chi connectivity index (χ0v) is 18.6. The lowest BCUT2D eigenvalue weighted by Crippen LogP contribution is -2.35. The highest BCUT2D eigenvalue weighted by Gasteiger charge is 2.26. The number of aryl methyl sites for hydroxylation is 2. The van der Waals surface area contributed by atoms with E-state index < -0.39 is 5.97 Å². The zero-order valence-electron chi connectivity index (χ0n) is 18.6. The molecule has 32 heavy (non-hydrogen) atoms. The Labute approximate surface area is 187 Å². The third-order valence-electron chi connectivity index (χ3n) is 5.66. The lowest BCUT2D eigenvalue weighted by molar-refractivity contribution is -0.119. The van der Waals surface area contributed by atoms with Crippen molar-refractivity contribution in [2.75, 3.05) is 18.6 Å². The van der Waals surface area contributed by atoms with Gasteiger partial charge >= 0.3 is 5.97 Å². The van der Waals surface area contributed by atoms with Crippen molar-refractivity contribution in [3.8, 4) is 17.0 Å². The molecule has 1 amide bonds. The lowest BCUT2D eigenvalue weighted by atomic mass is 10.1. The number of methoxy groups -OCH3 is 1. The van der Waals surface area contributed by atoms with Gasteiger partial charge < -0.3 is 14.4 Å². The SMILES string of the molecule is COC(=O)c1c(OCc2ccc(C)cc2)c(-c2ccc(N3CCCCC3=O)cc2)nn1C. The maximum Gasteiger partial charge on any atom is 0.360 e. The summed E-state index contributed by atoms with van der Waals surface area (Å²) in [7, 11) is 3.03. The molecule has 7 nitrogen and oxygen atoms in total. The summed E-state index contributed by atoms with van der Waals surface area (Å²) in [6.07, 6.45) is 2.54. The van der Waals surface area contributed by atoms with Gasteiger partial charge in [-0.15, -0.1) is 0 Å². The van der Waals surface area contributed by atoms with Crippen molar-refractivity contribution in [2.45, 2.75) is 32.8 Å². The number of benzene rings is 2. The Bertz CT molecular complexity index is 1120. The Morgan fingerprint density at radius 1 is 1.06 bits per heavy atom. The minimum Gasteiger partial charge on any atom is -0.484 e. The van der Waals surface area contributed by atoms with Crippen molar-refractivity contribution >= 4 is 17.6 Å². The Hall–Kier alpha value is -3.61. The summed E-state index contributed by atoms with van der Waals surface area (Å²) >= 11 is 0. The van der Waals surface area contributed by atoms with Crippen molar-refractivity contribution in [3.05, 3.63) is 65.4 Å². The van der Waals surface area contributed by atoms with Crippen LogP contribution in [0.4, 0.5) is 5.69 Å². The predicted molar refractivity (Wildman–Crippen MR) is 122 cm³/mol. The molecule has 166 valence electrons. The van der Waals surface area contributed by atoms with Gasteiger partial charge in [0, 0.05) is 31.3 Å².